The predicted molar refractivity (Wildman–Crippen MR) is 161 cm³/mol. The van der Waals surface area contributed by atoms with Crippen molar-refractivity contribution in [2.75, 3.05) is 5.32 Å². The smallest absolute Gasteiger partial charge is 0.224 e. The van der Waals surface area contributed by atoms with Crippen LogP contribution in [0, 0.1) is 11.7 Å². The molecule has 0 bridgehead atoms. The molecule has 0 spiro atoms. The van der Waals surface area contributed by atoms with E-state index in [0.717, 1.165) is 57.6 Å². The number of benzene rings is 2. The highest BCUT2D eigenvalue weighted by Gasteiger charge is 2.18. The molecule has 1 aliphatic rings. The molecule has 0 aliphatic heterocycles. The van der Waals surface area contributed by atoms with E-state index in [0.29, 0.717) is 34.9 Å². The summed E-state index contributed by atoms with van der Waals surface area (Å²) in [5.41, 5.74) is 6.73. The Balaban J connectivity index is 1.20. The fourth-order valence-electron chi connectivity index (χ4n) is 6.07. The highest BCUT2D eigenvalue weighted by Crippen LogP contribution is 2.36. The van der Waals surface area contributed by atoms with Gasteiger partial charge in [-0.15, -0.1) is 0 Å². The van der Waals surface area contributed by atoms with Crippen LogP contribution in [0.2, 0.25) is 0 Å². The molecule has 0 saturated heterocycles. The molecule has 1 fully saturated rings. The van der Waals surface area contributed by atoms with Crippen molar-refractivity contribution < 1.29 is 14.3 Å². The summed E-state index contributed by atoms with van der Waals surface area (Å²) in [6, 6.07) is 15.7. The van der Waals surface area contributed by atoms with Crippen molar-refractivity contribution >= 4 is 33.5 Å². The second-order valence-electron chi connectivity index (χ2n) is 11.1. The highest BCUT2D eigenvalue weighted by atomic mass is 19.1. The number of carbonyl (C=O) groups excluding carboxylic acids is 1. The number of halogens is 1. The summed E-state index contributed by atoms with van der Waals surface area (Å²) < 4.78 is 14.1. The summed E-state index contributed by atoms with van der Waals surface area (Å²) in [6.07, 6.45) is 11.6. The number of fused-ring (bicyclic) bond motifs is 2. The van der Waals surface area contributed by atoms with Gasteiger partial charge in [0.1, 0.15) is 22.9 Å². The molecule has 2 aromatic carbocycles. The van der Waals surface area contributed by atoms with Crippen molar-refractivity contribution in [2.45, 2.75) is 38.5 Å². The summed E-state index contributed by atoms with van der Waals surface area (Å²) in [6.45, 7) is 0. The first kappa shape index (κ1) is 25.9. The maximum absolute atomic E-state index is 14.1. The van der Waals surface area contributed by atoms with Crippen LogP contribution >= 0.6 is 0 Å². The average molecular weight is 561 g/mol. The van der Waals surface area contributed by atoms with Gasteiger partial charge in [-0.3, -0.25) is 14.9 Å². The molecule has 0 radical (unpaired) electrons. The van der Waals surface area contributed by atoms with Gasteiger partial charge in [-0.2, -0.15) is 5.10 Å². The first-order valence-corrected chi connectivity index (χ1v) is 14.2. The quantitative estimate of drug-likeness (QED) is 0.167. The molecule has 9 heteroatoms. The number of nitrogens with one attached hydrogen (secondary N) is 3. The number of aromatic hydroxyl groups is 1. The molecule has 1 aliphatic carbocycles. The molecule has 42 heavy (non-hydrogen) atoms. The van der Waals surface area contributed by atoms with E-state index in [1.807, 2.05) is 30.3 Å². The topological polar surface area (TPSA) is 120 Å². The molecule has 0 unspecified atom stereocenters. The van der Waals surface area contributed by atoms with Crippen LogP contribution in [-0.4, -0.2) is 36.2 Å². The van der Waals surface area contributed by atoms with Gasteiger partial charge in [-0.05, 0) is 77.9 Å². The number of hydrogen-bond acceptors (Lipinski definition) is 5. The lowest BCUT2D eigenvalue weighted by Crippen LogP contribution is -2.18. The van der Waals surface area contributed by atoms with Crippen LogP contribution in [0.3, 0.4) is 0 Å². The van der Waals surface area contributed by atoms with Crippen LogP contribution in [-0.2, 0) is 4.79 Å². The van der Waals surface area contributed by atoms with Crippen molar-refractivity contribution in [2.24, 2.45) is 5.92 Å². The molecular weight excluding hydrogens is 531 g/mol. The van der Waals surface area contributed by atoms with E-state index >= 15 is 0 Å². The third-order valence-corrected chi connectivity index (χ3v) is 8.10. The van der Waals surface area contributed by atoms with E-state index in [2.05, 4.69) is 30.5 Å². The normalized spacial score (nSPS) is 14.0. The van der Waals surface area contributed by atoms with E-state index in [1.54, 1.807) is 24.7 Å². The Labute approximate surface area is 241 Å². The van der Waals surface area contributed by atoms with Crippen molar-refractivity contribution in [3.63, 3.8) is 0 Å². The molecule has 7 rings (SSSR count). The Kier molecular flexibility index (Phi) is 6.62. The Hall–Kier alpha value is -5.05. The van der Waals surface area contributed by atoms with Crippen molar-refractivity contribution in [3.05, 3.63) is 79.0 Å². The van der Waals surface area contributed by atoms with Crippen LogP contribution < -0.4 is 5.32 Å². The molecular formula is C33H29FN6O2. The molecule has 0 atom stereocenters. The van der Waals surface area contributed by atoms with Gasteiger partial charge in [-0.1, -0.05) is 25.3 Å². The molecule has 4 aromatic heterocycles. The van der Waals surface area contributed by atoms with Gasteiger partial charge in [0.15, 0.2) is 0 Å². The molecule has 4 heterocycles. The monoisotopic (exact) mass is 560 g/mol. The number of aromatic amines is 2. The van der Waals surface area contributed by atoms with Gasteiger partial charge in [0.2, 0.25) is 5.91 Å². The first-order chi connectivity index (χ1) is 20.5. The number of hydrogen-bond donors (Lipinski definition) is 4. The van der Waals surface area contributed by atoms with E-state index in [-0.39, 0.29) is 11.7 Å². The highest BCUT2D eigenvalue weighted by molar-refractivity contribution is 6.01. The van der Waals surface area contributed by atoms with Gasteiger partial charge < -0.3 is 15.4 Å². The van der Waals surface area contributed by atoms with Gasteiger partial charge in [0.05, 0.1) is 23.1 Å². The third kappa shape index (κ3) is 5.09. The lowest BCUT2D eigenvalue weighted by atomic mass is 9.87. The fourth-order valence-corrected chi connectivity index (χ4v) is 6.07. The number of anilines is 1. The maximum Gasteiger partial charge on any atom is 0.224 e. The second kappa shape index (κ2) is 10.7. The second-order valence-corrected chi connectivity index (χ2v) is 11.1. The number of carbonyl (C=O) groups is 1. The van der Waals surface area contributed by atoms with Gasteiger partial charge in [0, 0.05) is 41.2 Å². The number of phenolic OH excluding ortho intramolecular Hbond substituents is 1. The largest absolute Gasteiger partial charge is 0.508 e. The zero-order valence-corrected chi connectivity index (χ0v) is 22.8. The zero-order chi connectivity index (χ0) is 28.6. The Bertz CT molecular complexity index is 1920. The molecule has 8 nitrogen and oxygen atoms in total. The standard InChI is InChI=1S/C33H29FN6O2/c34-23-11-21(13-25(41)15-23)26-8-9-36-33-27(26)16-30(38-33)32-28-14-20(6-7-29(28)39-40-32)22-12-24(18-35-17-22)37-31(42)10-19-4-2-1-3-5-19/h6-9,11-19,41H,1-5,10H2,(H,36,38)(H,37,42)(H,39,40). The van der Waals surface area contributed by atoms with Gasteiger partial charge >= 0.3 is 0 Å². The molecule has 210 valence electrons. The SMILES string of the molecule is O=C(CC1CCCCC1)Nc1cncc(-c2ccc3[nH]nc(-c4cc5c(-c6cc(O)cc(F)c6)ccnc5[nH]4)c3c2)c1. The molecule has 4 N–H and O–H groups in total. The molecule has 1 amide bonds. The summed E-state index contributed by atoms with van der Waals surface area (Å²) in [4.78, 5) is 24.9. The Morgan fingerprint density at radius 1 is 0.952 bits per heavy atom. The number of nitrogens with zero attached hydrogens (tertiary/aromatic N) is 3. The summed E-state index contributed by atoms with van der Waals surface area (Å²) in [5.74, 6) is -0.153. The number of amides is 1. The molecule has 1 saturated carbocycles. The van der Waals surface area contributed by atoms with Gasteiger partial charge in [-0.25, -0.2) is 9.37 Å². The van der Waals surface area contributed by atoms with Gasteiger partial charge in [0.25, 0.3) is 0 Å². The summed E-state index contributed by atoms with van der Waals surface area (Å²) in [7, 11) is 0. The van der Waals surface area contributed by atoms with Crippen LogP contribution in [0.4, 0.5) is 10.1 Å². The van der Waals surface area contributed by atoms with Crippen LogP contribution in [0.5, 0.6) is 5.75 Å². The minimum absolute atomic E-state index is 0.0358. The van der Waals surface area contributed by atoms with Crippen molar-refractivity contribution in [1.82, 2.24) is 25.1 Å². The lowest BCUT2D eigenvalue weighted by Gasteiger charge is -2.20. The lowest BCUT2D eigenvalue weighted by molar-refractivity contribution is -0.117. The molecule has 6 aromatic rings. The minimum Gasteiger partial charge on any atom is -0.508 e. The number of aromatic nitrogens is 5. The van der Waals surface area contributed by atoms with E-state index in [1.165, 1.54) is 31.4 Å². The number of phenols is 1. The number of H-pyrrole nitrogens is 2. The van der Waals surface area contributed by atoms with E-state index in [9.17, 15) is 14.3 Å². The number of rotatable bonds is 6. The minimum atomic E-state index is -0.515. The first-order valence-electron chi connectivity index (χ1n) is 14.2. The van der Waals surface area contributed by atoms with Crippen LogP contribution in [0.15, 0.2) is 73.2 Å². The predicted octanol–water partition coefficient (Wildman–Crippen LogP) is 7.59. The Morgan fingerprint density at radius 3 is 2.69 bits per heavy atom. The zero-order valence-electron chi connectivity index (χ0n) is 22.8. The fraction of sp³-hybridized carbons (Fsp3) is 0.212. The van der Waals surface area contributed by atoms with Crippen LogP contribution in [0.25, 0.3) is 55.6 Å². The van der Waals surface area contributed by atoms with Crippen molar-refractivity contribution in [3.8, 4) is 39.4 Å². The summed E-state index contributed by atoms with van der Waals surface area (Å²) >= 11 is 0. The maximum atomic E-state index is 14.1. The summed E-state index contributed by atoms with van der Waals surface area (Å²) in [5, 5.41) is 22.3. The van der Waals surface area contributed by atoms with E-state index < -0.39 is 5.82 Å². The van der Waals surface area contributed by atoms with Crippen LogP contribution in [0.1, 0.15) is 38.5 Å². The average Bonchev–Trinajstić information content (AvgIpc) is 3.61. The van der Waals surface area contributed by atoms with Crippen molar-refractivity contribution in [1.29, 1.82) is 0 Å². The Morgan fingerprint density at radius 2 is 1.83 bits per heavy atom. The van der Waals surface area contributed by atoms with E-state index in [4.69, 9.17) is 0 Å². The number of pyridine rings is 2. The third-order valence-electron chi connectivity index (χ3n) is 8.10.